The lowest BCUT2D eigenvalue weighted by atomic mass is 10.1. The number of fused-ring (bicyclic) bond motifs is 1. The Morgan fingerprint density at radius 2 is 1.91 bits per heavy atom. The largest absolute Gasteiger partial charge is 0.486 e. The van der Waals surface area contributed by atoms with Crippen molar-refractivity contribution in [1.82, 2.24) is 15.3 Å². The highest BCUT2D eigenvalue weighted by molar-refractivity contribution is 9.10. The second-order valence-electron chi connectivity index (χ2n) is 5.26. The van der Waals surface area contributed by atoms with Gasteiger partial charge in [-0.05, 0) is 31.5 Å². The van der Waals surface area contributed by atoms with Crippen LogP contribution in [0.15, 0.2) is 29.0 Å². The second-order valence-corrected chi connectivity index (χ2v) is 6.11. The Bertz CT molecular complexity index is 734. The van der Waals surface area contributed by atoms with Gasteiger partial charge in [-0.25, -0.2) is 4.98 Å². The van der Waals surface area contributed by atoms with Gasteiger partial charge in [-0.15, -0.1) is 0 Å². The van der Waals surface area contributed by atoms with Crippen molar-refractivity contribution < 1.29 is 14.3 Å². The van der Waals surface area contributed by atoms with Crippen LogP contribution in [0, 0.1) is 6.92 Å². The normalized spacial score (nSPS) is 14.2. The molecule has 0 spiro atoms. The van der Waals surface area contributed by atoms with E-state index in [4.69, 9.17) is 9.47 Å². The number of nitrogens with zero attached hydrogens (tertiary/aromatic N) is 2. The van der Waals surface area contributed by atoms with Gasteiger partial charge in [-0.2, -0.15) is 0 Å². The molecule has 0 bridgehead atoms. The summed E-state index contributed by atoms with van der Waals surface area (Å²) in [7, 11) is 0. The molecule has 6 nitrogen and oxygen atoms in total. The quantitative estimate of drug-likeness (QED) is 0.889. The SMILES string of the molecule is Cc1cnc(C(=O)N[C@H](C)c2cc3c(cc2Br)OCCO3)cn1. The van der Waals surface area contributed by atoms with E-state index in [9.17, 15) is 4.79 Å². The fraction of sp³-hybridized carbons (Fsp3) is 0.312. The second kappa shape index (κ2) is 6.54. The predicted octanol–water partition coefficient (Wildman–Crippen LogP) is 2.81. The average Bonchev–Trinajstić information content (AvgIpc) is 2.54. The number of rotatable bonds is 3. The molecule has 1 amide bonds. The molecule has 1 N–H and O–H groups in total. The van der Waals surface area contributed by atoms with Gasteiger partial charge in [0.25, 0.3) is 5.91 Å². The highest BCUT2D eigenvalue weighted by Gasteiger charge is 2.20. The number of amides is 1. The Morgan fingerprint density at radius 1 is 1.22 bits per heavy atom. The number of benzene rings is 1. The van der Waals surface area contributed by atoms with Crippen LogP contribution in [0.2, 0.25) is 0 Å². The standard InChI is InChI=1S/C16H16BrN3O3/c1-9-7-19-13(8-18-9)16(21)20-10(2)11-5-14-15(6-12(11)17)23-4-3-22-14/h5-8,10H,3-4H2,1-2H3,(H,20,21)/t10-/m1/s1. The molecule has 7 heteroatoms. The summed E-state index contributed by atoms with van der Waals surface area (Å²) in [5.74, 6) is 1.12. The van der Waals surface area contributed by atoms with Crippen LogP contribution in [0.25, 0.3) is 0 Å². The van der Waals surface area contributed by atoms with Crippen molar-refractivity contribution in [1.29, 1.82) is 0 Å². The first-order valence-corrected chi connectivity index (χ1v) is 8.02. The van der Waals surface area contributed by atoms with E-state index in [-0.39, 0.29) is 17.6 Å². The Kier molecular flexibility index (Phi) is 4.47. The van der Waals surface area contributed by atoms with Gasteiger partial charge in [0.05, 0.1) is 17.9 Å². The minimum Gasteiger partial charge on any atom is -0.486 e. The van der Waals surface area contributed by atoms with Crippen molar-refractivity contribution >= 4 is 21.8 Å². The fourth-order valence-corrected chi connectivity index (χ4v) is 2.94. The molecule has 1 atom stereocenters. The predicted molar refractivity (Wildman–Crippen MR) is 87.8 cm³/mol. The number of ether oxygens (including phenoxy) is 2. The Hall–Kier alpha value is -2.15. The summed E-state index contributed by atoms with van der Waals surface area (Å²) in [5, 5.41) is 2.91. The molecule has 3 rings (SSSR count). The molecule has 1 aliphatic rings. The lowest BCUT2D eigenvalue weighted by molar-refractivity contribution is 0.0934. The maximum atomic E-state index is 12.3. The summed E-state index contributed by atoms with van der Waals surface area (Å²) in [4.78, 5) is 20.4. The highest BCUT2D eigenvalue weighted by atomic mass is 79.9. The Labute approximate surface area is 142 Å². The molecule has 0 saturated carbocycles. The minimum atomic E-state index is -0.271. The third kappa shape index (κ3) is 3.44. The maximum absolute atomic E-state index is 12.3. The molecule has 0 radical (unpaired) electrons. The molecular formula is C16H16BrN3O3. The third-order valence-electron chi connectivity index (χ3n) is 3.49. The minimum absolute atomic E-state index is 0.226. The molecule has 2 heterocycles. The first kappa shape index (κ1) is 15.7. The first-order chi connectivity index (χ1) is 11.0. The summed E-state index contributed by atoms with van der Waals surface area (Å²) in [6.45, 7) is 4.78. The molecule has 2 aromatic rings. The fourth-order valence-electron chi connectivity index (χ4n) is 2.27. The van der Waals surface area contributed by atoms with E-state index < -0.39 is 0 Å². The van der Waals surface area contributed by atoms with E-state index in [0.29, 0.717) is 24.7 Å². The first-order valence-electron chi connectivity index (χ1n) is 7.23. The molecule has 0 saturated heterocycles. The highest BCUT2D eigenvalue weighted by Crippen LogP contribution is 2.37. The van der Waals surface area contributed by atoms with Gasteiger partial charge in [0.15, 0.2) is 11.5 Å². The van der Waals surface area contributed by atoms with Crippen molar-refractivity contribution in [2.75, 3.05) is 13.2 Å². The zero-order valence-corrected chi connectivity index (χ0v) is 14.4. The van der Waals surface area contributed by atoms with Gasteiger partial charge in [-0.3, -0.25) is 9.78 Å². The van der Waals surface area contributed by atoms with Crippen LogP contribution in [0.5, 0.6) is 11.5 Å². The number of nitrogens with one attached hydrogen (secondary N) is 1. The van der Waals surface area contributed by atoms with Crippen LogP contribution < -0.4 is 14.8 Å². The van der Waals surface area contributed by atoms with E-state index in [1.807, 2.05) is 26.0 Å². The summed E-state index contributed by atoms with van der Waals surface area (Å²) >= 11 is 3.52. The van der Waals surface area contributed by atoms with Crippen LogP contribution >= 0.6 is 15.9 Å². The molecule has 23 heavy (non-hydrogen) atoms. The summed E-state index contributed by atoms with van der Waals surface area (Å²) in [6.07, 6.45) is 3.04. The number of halogens is 1. The number of carbonyl (C=O) groups excluding carboxylic acids is 1. The molecular weight excluding hydrogens is 362 g/mol. The van der Waals surface area contributed by atoms with Crippen LogP contribution in [0.4, 0.5) is 0 Å². The van der Waals surface area contributed by atoms with Crippen molar-refractivity contribution in [2.24, 2.45) is 0 Å². The third-order valence-corrected chi connectivity index (χ3v) is 4.18. The van der Waals surface area contributed by atoms with Crippen LogP contribution in [-0.4, -0.2) is 29.1 Å². The van der Waals surface area contributed by atoms with E-state index >= 15 is 0 Å². The molecule has 0 aliphatic carbocycles. The zero-order valence-electron chi connectivity index (χ0n) is 12.8. The van der Waals surface area contributed by atoms with Gasteiger partial charge >= 0.3 is 0 Å². The smallest absolute Gasteiger partial charge is 0.271 e. The van der Waals surface area contributed by atoms with Crippen molar-refractivity contribution in [3.05, 3.63) is 46.0 Å². The lowest BCUT2D eigenvalue weighted by Crippen LogP contribution is -2.28. The number of aromatic nitrogens is 2. The Morgan fingerprint density at radius 3 is 2.57 bits per heavy atom. The molecule has 1 aromatic heterocycles. The van der Waals surface area contributed by atoms with E-state index in [2.05, 4.69) is 31.2 Å². The van der Waals surface area contributed by atoms with Gasteiger partial charge in [0, 0.05) is 10.7 Å². The average molecular weight is 378 g/mol. The summed E-state index contributed by atoms with van der Waals surface area (Å²) in [5.41, 5.74) is 1.96. The van der Waals surface area contributed by atoms with Crippen LogP contribution in [0.1, 0.15) is 34.7 Å². The van der Waals surface area contributed by atoms with Gasteiger partial charge < -0.3 is 14.8 Å². The van der Waals surface area contributed by atoms with E-state index in [0.717, 1.165) is 15.7 Å². The molecule has 0 unspecified atom stereocenters. The van der Waals surface area contributed by atoms with E-state index in [1.54, 1.807) is 6.20 Å². The topological polar surface area (TPSA) is 73.3 Å². The monoisotopic (exact) mass is 377 g/mol. The zero-order chi connectivity index (χ0) is 16.4. The van der Waals surface area contributed by atoms with Crippen molar-refractivity contribution in [2.45, 2.75) is 19.9 Å². The van der Waals surface area contributed by atoms with Crippen LogP contribution in [0.3, 0.4) is 0 Å². The Balaban J connectivity index is 1.79. The molecule has 120 valence electrons. The number of aryl methyl sites for hydroxylation is 1. The van der Waals surface area contributed by atoms with Gasteiger partial charge in [0.1, 0.15) is 18.9 Å². The van der Waals surface area contributed by atoms with Crippen molar-refractivity contribution in [3.63, 3.8) is 0 Å². The number of hydrogen-bond acceptors (Lipinski definition) is 5. The van der Waals surface area contributed by atoms with E-state index in [1.165, 1.54) is 6.20 Å². The molecule has 1 aliphatic heterocycles. The van der Waals surface area contributed by atoms with Gasteiger partial charge in [-0.1, -0.05) is 15.9 Å². The van der Waals surface area contributed by atoms with Crippen molar-refractivity contribution in [3.8, 4) is 11.5 Å². The molecule has 0 fully saturated rings. The summed E-state index contributed by atoms with van der Waals surface area (Å²) in [6, 6.07) is 3.51. The maximum Gasteiger partial charge on any atom is 0.271 e. The van der Waals surface area contributed by atoms with Gasteiger partial charge in [0.2, 0.25) is 0 Å². The molecule has 1 aromatic carbocycles. The number of hydrogen-bond donors (Lipinski definition) is 1. The van der Waals surface area contributed by atoms with Crippen LogP contribution in [-0.2, 0) is 0 Å². The lowest BCUT2D eigenvalue weighted by Gasteiger charge is -2.22. The number of carbonyl (C=O) groups is 1. The summed E-state index contributed by atoms with van der Waals surface area (Å²) < 4.78 is 12.0.